The minimum atomic E-state index is -0.176. The van der Waals surface area contributed by atoms with E-state index in [0.717, 1.165) is 22.3 Å². The maximum atomic E-state index is 12.2. The zero-order valence-corrected chi connectivity index (χ0v) is 12.1. The standard InChI is InChI=1S/C18H17NO2/c1-12-6-5-8-15(10-12)18(20)19-13(2)17-11-14-7-3-4-9-16(14)21-17/h3-11,13H,1-2H3,(H,19,20)/t13-/m1/s1. The van der Waals surface area contributed by atoms with Crippen LogP contribution in [0.5, 0.6) is 0 Å². The first-order chi connectivity index (χ1) is 10.1. The Morgan fingerprint density at radius 2 is 1.90 bits per heavy atom. The predicted molar refractivity (Wildman–Crippen MR) is 83.3 cm³/mol. The lowest BCUT2D eigenvalue weighted by Crippen LogP contribution is -2.26. The largest absolute Gasteiger partial charge is 0.459 e. The molecule has 3 aromatic rings. The van der Waals surface area contributed by atoms with Crippen LogP contribution in [0.25, 0.3) is 11.0 Å². The lowest BCUT2D eigenvalue weighted by molar-refractivity contribution is 0.0935. The molecule has 1 atom stereocenters. The normalized spacial score (nSPS) is 12.3. The molecule has 2 aromatic carbocycles. The summed E-state index contributed by atoms with van der Waals surface area (Å²) in [6.45, 7) is 3.89. The van der Waals surface area contributed by atoms with E-state index < -0.39 is 0 Å². The highest BCUT2D eigenvalue weighted by atomic mass is 16.3. The quantitative estimate of drug-likeness (QED) is 0.779. The Balaban J connectivity index is 1.79. The fourth-order valence-electron chi connectivity index (χ4n) is 2.35. The minimum Gasteiger partial charge on any atom is -0.459 e. The van der Waals surface area contributed by atoms with E-state index in [1.54, 1.807) is 0 Å². The van der Waals surface area contributed by atoms with E-state index in [1.165, 1.54) is 0 Å². The average molecular weight is 279 g/mol. The van der Waals surface area contributed by atoms with Crippen LogP contribution in [-0.4, -0.2) is 5.91 Å². The number of hydrogen-bond acceptors (Lipinski definition) is 2. The van der Waals surface area contributed by atoms with Crippen molar-refractivity contribution in [3.63, 3.8) is 0 Å². The van der Waals surface area contributed by atoms with Gasteiger partial charge in [-0.15, -0.1) is 0 Å². The average Bonchev–Trinajstić information content (AvgIpc) is 2.91. The third-order valence-electron chi connectivity index (χ3n) is 3.50. The van der Waals surface area contributed by atoms with Gasteiger partial charge in [-0.25, -0.2) is 0 Å². The van der Waals surface area contributed by atoms with E-state index in [1.807, 2.05) is 68.4 Å². The summed E-state index contributed by atoms with van der Waals surface area (Å²) in [6.07, 6.45) is 0. The number of carbonyl (C=O) groups is 1. The van der Waals surface area contributed by atoms with Gasteiger partial charge in [-0.2, -0.15) is 0 Å². The molecule has 0 unspecified atom stereocenters. The molecule has 0 saturated carbocycles. The molecule has 0 bridgehead atoms. The molecule has 0 saturated heterocycles. The van der Waals surface area contributed by atoms with Gasteiger partial charge in [0, 0.05) is 10.9 Å². The molecule has 1 N–H and O–H groups in total. The second kappa shape index (κ2) is 5.44. The Labute approximate surface area is 123 Å². The molecule has 3 nitrogen and oxygen atoms in total. The highest BCUT2D eigenvalue weighted by Crippen LogP contribution is 2.23. The maximum absolute atomic E-state index is 12.2. The monoisotopic (exact) mass is 279 g/mol. The van der Waals surface area contributed by atoms with E-state index in [0.29, 0.717) is 5.56 Å². The SMILES string of the molecule is Cc1cccc(C(=O)N[C@H](C)c2cc3ccccc3o2)c1. The number of furan rings is 1. The zero-order valence-electron chi connectivity index (χ0n) is 12.1. The van der Waals surface area contributed by atoms with Crippen molar-refractivity contribution < 1.29 is 9.21 Å². The zero-order chi connectivity index (χ0) is 14.8. The molecule has 106 valence electrons. The summed E-state index contributed by atoms with van der Waals surface area (Å²) in [6, 6.07) is 17.2. The molecule has 3 rings (SSSR count). The van der Waals surface area contributed by atoms with Gasteiger partial charge in [-0.05, 0) is 38.1 Å². The first-order valence-corrected chi connectivity index (χ1v) is 6.99. The number of amides is 1. The van der Waals surface area contributed by atoms with Crippen molar-refractivity contribution in [2.24, 2.45) is 0 Å². The molecule has 1 amide bonds. The van der Waals surface area contributed by atoms with Gasteiger partial charge in [0.25, 0.3) is 5.91 Å². The van der Waals surface area contributed by atoms with Crippen molar-refractivity contribution in [2.75, 3.05) is 0 Å². The van der Waals surface area contributed by atoms with Crippen molar-refractivity contribution in [1.82, 2.24) is 5.32 Å². The number of nitrogens with one attached hydrogen (secondary N) is 1. The number of aryl methyl sites for hydroxylation is 1. The number of fused-ring (bicyclic) bond motifs is 1. The summed E-state index contributed by atoms with van der Waals surface area (Å²) in [7, 11) is 0. The van der Waals surface area contributed by atoms with Crippen LogP contribution in [0, 0.1) is 6.92 Å². The van der Waals surface area contributed by atoms with Crippen molar-refractivity contribution in [1.29, 1.82) is 0 Å². The third-order valence-corrected chi connectivity index (χ3v) is 3.50. The first-order valence-electron chi connectivity index (χ1n) is 6.99. The highest BCUT2D eigenvalue weighted by Gasteiger charge is 2.15. The molecule has 0 fully saturated rings. The molecule has 1 heterocycles. The Kier molecular flexibility index (Phi) is 3.48. The van der Waals surface area contributed by atoms with E-state index in [2.05, 4.69) is 5.32 Å². The summed E-state index contributed by atoms with van der Waals surface area (Å²) in [5.74, 6) is 0.670. The van der Waals surface area contributed by atoms with Crippen LogP contribution in [0.3, 0.4) is 0 Å². The molecular formula is C18H17NO2. The smallest absolute Gasteiger partial charge is 0.251 e. The van der Waals surface area contributed by atoms with Gasteiger partial charge in [0.1, 0.15) is 11.3 Å². The molecule has 0 aliphatic heterocycles. The number of benzene rings is 2. The highest BCUT2D eigenvalue weighted by molar-refractivity contribution is 5.94. The van der Waals surface area contributed by atoms with Crippen molar-refractivity contribution in [3.8, 4) is 0 Å². The summed E-state index contributed by atoms with van der Waals surface area (Å²) in [4.78, 5) is 12.2. The van der Waals surface area contributed by atoms with Crippen LogP contribution in [-0.2, 0) is 0 Å². The summed E-state index contributed by atoms with van der Waals surface area (Å²) < 4.78 is 5.78. The summed E-state index contributed by atoms with van der Waals surface area (Å²) >= 11 is 0. The molecule has 0 spiro atoms. The molecule has 0 aliphatic rings. The predicted octanol–water partition coefficient (Wildman–Crippen LogP) is 4.23. The minimum absolute atomic E-state index is 0.0911. The Bertz CT molecular complexity index is 756. The number of para-hydroxylation sites is 1. The Morgan fingerprint density at radius 1 is 1.10 bits per heavy atom. The van der Waals surface area contributed by atoms with Crippen LogP contribution in [0.1, 0.15) is 34.6 Å². The fourth-order valence-corrected chi connectivity index (χ4v) is 2.35. The number of carbonyl (C=O) groups excluding carboxylic acids is 1. The fraction of sp³-hybridized carbons (Fsp3) is 0.167. The van der Waals surface area contributed by atoms with Gasteiger partial charge in [0.05, 0.1) is 6.04 Å². The van der Waals surface area contributed by atoms with Gasteiger partial charge < -0.3 is 9.73 Å². The van der Waals surface area contributed by atoms with Gasteiger partial charge in [0.2, 0.25) is 0 Å². The third kappa shape index (κ3) is 2.82. The van der Waals surface area contributed by atoms with Crippen molar-refractivity contribution in [3.05, 3.63) is 71.5 Å². The molecule has 0 aliphatic carbocycles. The topological polar surface area (TPSA) is 42.2 Å². The lowest BCUT2D eigenvalue weighted by atomic mass is 10.1. The van der Waals surface area contributed by atoms with Crippen LogP contribution in [0.15, 0.2) is 59.0 Å². The second-order valence-electron chi connectivity index (χ2n) is 5.25. The molecular weight excluding hydrogens is 262 g/mol. The number of hydrogen-bond donors (Lipinski definition) is 1. The second-order valence-corrected chi connectivity index (χ2v) is 5.25. The Morgan fingerprint density at radius 3 is 2.67 bits per heavy atom. The molecule has 0 radical (unpaired) electrons. The van der Waals surface area contributed by atoms with Crippen LogP contribution >= 0.6 is 0 Å². The Hall–Kier alpha value is -2.55. The maximum Gasteiger partial charge on any atom is 0.251 e. The summed E-state index contributed by atoms with van der Waals surface area (Å²) in [5, 5.41) is 4.01. The van der Waals surface area contributed by atoms with E-state index in [4.69, 9.17) is 4.42 Å². The molecule has 3 heteroatoms. The molecule has 21 heavy (non-hydrogen) atoms. The van der Waals surface area contributed by atoms with Crippen LogP contribution in [0.4, 0.5) is 0 Å². The lowest BCUT2D eigenvalue weighted by Gasteiger charge is -2.11. The summed E-state index contributed by atoms with van der Waals surface area (Å²) in [5.41, 5.74) is 2.57. The van der Waals surface area contributed by atoms with Gasteiger partial charge in [-0.3, -0.25) is 4.79 Å². The molecule has 1 aromatic heterocycles. The van der Waals surface area contributed by atoms with E-state index >= 15 is 0 Å². The van der Waals surface area contributed by atoms with Gasteiger partial charge in [-0.1, -0.05) is 35.9 Å². The number of rotatable bonds is 3. The van der Waals surface area contributed by atoms with E-state index in [9.17, 15) is 4.79 Å². The van der Waals surface area contributed by atoms with Crippen LogP contribution < -0.4 is 5.32 Å². The van der Waals surface area contributed by atoms with Crippen LogP contribution in [0.2, 0.25) is 0 Å². The van der Waals surface area contributed by atoms with Crippen molar-refractivity contribution in [2.45, 2.75) is 19.9 Å². The van der Waals surface area contributed by atoms with Crippen molar-refractivity contribution >= 4 is 16.9 Å². The first kappa shape index (κ1) is 13.4. The van der Waals surface area contributed by atoms with Gasteiger partial charge >= 0.3 is 0 Å². The van der Waals surface area contributed by atoms with Gasteiger partial charge in [0.15, 0.2) is 0 Å². The van der Waals surface area contributed by atoms with E-state index in [-0.39, 0.29) is 11.9 Å².